The van der Waals surface area contributed by atoms with Crippen LogP contribution in [0.2, 0.25) is 0 Å². The summed E-state index contributed by atoms with van der Waals surface area (Å²) in [7, 11) is 1.35. The van der Waals surface area contributed by atoms with Crippen molar-refractivity contribution >= 4 is 17.8 Å². The van der Waals surface area contributed by atoms with E-state index in [4.69, 9.17) is 9.84 Å². The van der Waals surface area contributed by atoms with Crippen molar-refractivity contribution in [3.05, 3.63) is 0 Å². The molecule has 0 saturated carbocycles. The van der Waals surface area contributed by atoms with Gasteiger partial charge in [-0.05, 0) is 12.8 Å². The Morgan fingerprint density at radius 2 is 1.76 bits per heavy atom. The molecule has 0 bridgehead atoms. The number of hydrogen-bond acceptors (Lipinski definition) is 6. The number of nitrogens with zero attached hydrogens (tertiary/aromatic N) is 2. The van der Waals surface area contributed by atoms with Crippen molar-refractivity contribution in [1.82, 2.24) is 9.80 Å². The van der Waals surface area contributed by atoms with Gasteiger partial charge in [0.15, 0.2) is 6.10 Å². The van der Waals surface area contributed by atoms with E-state index in [-0.39, 0.29) is 18.4 Å². The summed E-state index contributed by atoms with van der Waals surface area (Å²) in [5.74, 6) is -1.47. The van der Waals surface area contributed by atoms with Gasteiger partial charge in [0, 0.05) is 26.2 Å². The van der Waals surface area contributed by atoms with Gasteiger partial charge in [-0.3, -0.25) is 14.5 Å². The number of esters is 1. The number of hydrogen-bond donors (Lipinski definition) is 1. The maximum Gasteiger partial charge on any atom is 0.332 e. The molecule has 2 atom stereocenters. The first kappa shape index (κ1) is 15.7. The van der Waals surface area contributed by atoms with Gasteiger partial charge < -0.3 is 19.5 Å². The van der Waals surface area contributed by atoms with Gasteiger partial charge in [0.1, 0.15) is 6.10 Å². The van der Waals surface area contributed by atoms with E-state index in [1.54, 1.807) is 4.90 Å². The van der Waals surface area contributed by atoms with E-state index in [9.17, 15) is 14.4 Å². The zero-order valence-corrected chi connectivity index (χ0v) is 12.0. The van der Waals surface area contributed by atoms with Gasteiger partial charge in [-0.15, -0.1) is 0 Å². The zero-order chi connectivity index (χ0) is 15.4. The molecule has 8 heteroatoms. The third-order valence-corrected chi connectivity index (χ3v) is 3.83. The lowest BCUT2D eigenvalue weighted by Crippen LogP contribution is -2.52. The minimum absolute atomic E-state index is 0.156. The molecule has 0 aliphatic carbocycles. The van der Waals surface area contributed by atoms with Crippen LogP contribution in [0, 0.1) is 0 Å². The van der Waals surface area contributed by atoms with Crippen LogP contribution in [-0.2, 0) is 23.9 Å². The maximum atomic E-state index is 12.3. The fourth-order valence-electron chi connectivity index (χ4n) is 2.58. The molecule has 0 aromatic rings. The van der Waals surface area contributed by atoms with Crippen LogP contribution in [0.1, 0.15) is 12.8 Å². The standard InChI is InChI=1S/C13H20N2O6/c1-20-11(16)8-14-4-6-15(7-5-14)12(17)9-2-3-10(21-9)13(18)19/h9-10H,2-8H2,1H3,(H,18,19). The van der Waals surface area contributed by atoms with E-state index < -0.39 is 18.2 Å². The molecule has 2 aliphatic heterocycles. The number of ether oxygens (including phenoxy) is 2. The summed E-state index contributed by atoms with van der Waals surface area (Å²) in [6.45, 7) is 2.42. The van der Waals surface area contributed by atoms with Gasteiger partial charge in [0.25, 0.3) is 5.91 Å². The van der Waals surface area contributed by atoms with Gasteiger partial charge in [-0.2, -0.15) is 0 Å². The lowest BCUT2D eigenvalue weighted by Gasteiger charge is -2.35. The Hall–Kier alpha value is -1.67. The fourth-order valence-corrected chi connectivity index (χ4v) is 2.58. The molecule has 0 spiro atoms. The number of carboxylic acids is 1. The third-order valence-electron chi connectivity index (χ3n) is 3.83. The van der Waals surface area contributed by atoms with Crippen LogP contribution >= 0.6 is 0 Å². The van der Waals surface area contributed by atoms with Gasteiger partial charge in [-0.25, -0.2) is 4.79 Å². The Labute approximate surface area is 122 Å². The van der Waals surface area contributed by atoms with Crippen molar-refractivity contribution in [2.75, 3.05) is 39.8 Å². The lowest BCUT2D eigenvalue weighted by atomic mass is 10.1. The highest BCUT2D eigenvalue weighted by Gasteiger charge is 2.37. The smallest absolute Gasteiger partial charge is 0.332 e. The maximum absolute atomic E-state index is 12.3. The van der Waals surface area contributed by atoms with Crippen molar-refractivity contribution < 1.29 is 29.0 Å². The molecule has 2 aliphatic rings. The van der Waals surface area contributed by atoms with E-state index in [0.717, 1.165) is 0 Å². The van der Waals surface area contributed by atoms with Gasteiger partial charge >= 0.3 is 11.9 Å². The summed E-state index contributed by atoms with van der Waals surface area (Å²) in [5.41, 5.74) is 0. The van der Waals surface area contributed by atoms with E-state index >= 15 is 0 Å². The summed E-state index contributed by atoms with van der Waals surface area (Å²) in [6, 6.07) is 0. The topological polar surface area (TPSA) is 96.4 Å². The minimum Gasteiger partial charge on any atom is -0.479 e. The second kappa shape index (κ2) is 6.86. The average molecular weight is 300 g/mol. The molecule has 0 radical (unpaired) electrons. The van der Waals surface area contributed by atoms with E-state index in [0.29, 0.717) is 39.0 Å². The lowest BCUT2D eigenvalue weighted by molar-refractivity contribution is -0.155. The first-order chi connectivity index (χ1) is 10.0. The molecule has 2 heterocycles. The minimum atomic E-state index is -1.02. The highest BCUT2D eigenvalue weighted by molar-refractivity contribution is 5.83. The molecule has 1 amide bonds. The molecule has 2 fully saturated rings. The van der Waals surface area contributed by atoms with Crippen molar-refractivity contribution in [2.24, 2.45) is 0 Å². The summed E-state index contributed by atoms with van der Waals surface area (Å²) in [6.07, 6.45) is -0.718. The molecule has 21 heavy (non-hydrogen) atoms. The van der Waals surface area contributed by atoms with Crippen molar-refractivity contribution in [3.63, 3.8) is 0 Å². The first-order valence-corrected chi connectivity index (χ1v) is 6.97. The number of carbonyl (C=O) groups is 3. The number of amides is 1. The van der Waals surface area contributed by atoms with E-state index in [1.165, 1.54) is 7.11 Å². The Morgan fingerprint density at radius 1 is 1.14 bits per heavy atom. The Balaban J connectivity index is 1.78. The van der Waals surface area contributed by atoms with Gasteiger partial charge in [0.05, 0.1) is 13.7 Å². The van der Waals surface area contributed by atoms with Gasteiger partial charge in [0.2, 0.25) is 0 Å². The van der Waals surface area contributed by atoms with Crippen LogP contribution in [0.3, 0.4) is 0 Å². The normalized spacial score (nSPS) is 26.6. The molecule has 0 aromatic heterocycles. The van der Waals surface area contributed by atoms with Crippen molar-refractivity contribution in [1.29, 1.82) is 0 Å². The monoisotopic (exact) mass is 300 g/mol. The van der Waals surface area contributed by atoms with Crippen LogP contribution in [0.4, 0.5) is 0 Å². The number of carboxylic acid groups (broad SMARTS) is 1. The summed E-state index contributed by atoms with van der Waals surface area (Å²) >= 11 is 0. The SMILES string of the molecule is COC(=O)CN1CCN(C(=O)C2CCC(C(=O)O)O2)CC1. The van der Waals surface area contributed by atoms with Crippen LogP contribution in [0.25, 0.3) is 0 Å². The molecular formula is C13H20N2O6. The molecule has 2 rings (SSSR count). The third kappa shape index (κ3) is 3.92. The van der Waals surface area contributed by atoms with E-state index in [2.05, 4.69) is 4.74 Å². The summed E-state index contributed by atoms with van der Waals surface area (Å²) in [5, 5.41) is 8.86. The number of methoxy groups -OCH3 is 1. The largest absolute Gasteiger partial charge is 0.479 e. The van der Waals surface area contributed by atoms with Crippen LogP contribution in [0.15, 0.2) is 0 Å². The molecule has 8 nitrogen and oxygen atoms in total. The van der Waals surface area contributed by atoms with Crippen molar-refractivity contribution in [3.8, 4) is 0 Å². The Bertz CT molecular complexity index is 419. The van der Waals surface area contributed by atoms with Crippen LogP contribution < -0.4 is 0 Å². The molecular weight excluding hydrogens is 280 g/mol. The average Bonchev–Trinajstić information content (AvgIpc) is 2.97. The quantitative estimate of drug-likeness (QED) is 0.661. The molecule has 2 saturated heterocycles. The summed E-state index contributed by atoms with van der Waals surface area (Å²) < 4.78 is 9.87. The predicted molar refractivity (Wildman–Crippen MR) is 70.6 cm³/mol. The number of piperazine rings is 1. The Morgan fingerprint density at radius 3 is 2.29 bits per heavy atom. The second-order valence-corrected chi connectivity index (χ2v) is 5.21. The molecule has 118 valence electrons. The van der Waals surface area contributed by atoms with Crippen LogP contribution in [-0.4, -0.2) is 84.8 Å². The van der Waals surface area contributed by atoms with E-state index in [1.807, 2.05) is 4.90 Å². The number of carbonyl (C=O) groups excluding carboxylic acids is 2. The van der Waals surface area contributed by atoms with Crippen LogP contribution in [0.5, 0.6) is 0 Å². The zero-order valence-electron chi connectivity index (χ0n) is 12.0. The number of rotatable bonds is 4. The second-order valence-electron chi connectivity index (χ2n) is 5.21. The Kier molecular flexibility index (Phi) is 5.13. The highest BCUT2D eigenvalue weighted by Crippen LogP contribution is 2.22. The highest BCUT2D eigenvalue weighted by atomic mass is 16.5. The molecule has 1 N–H and O–H groups in total. The summed E-state index contributed by atoms with van der Waals surface area (Å²) in [4.78, 5) is 37.8. The fraction of sp³-hybridized carbons (Fsp3) is 0.769. The number of aliphatic carboxylic acids is 1. The van der Waals surface area contributed by atoms with Crippen molar-refractivity contribution in [2.45, 2.75) is 25.0 Å². The molecule has 2 unspecified atom stereocenters. The van der Waals surface area contributed by atoms with Gasteiger partial charge in [-0.1, -0.05) is 0 Å². The molecule has 0 aromatic carbocycles. The predicted octanol–water partition coefficient (Wildman–Crippen LogP) is -1.06. The first-order valence-electron chi connectivity index (χ1n) is 6.97.